The van der Waals surface area contributed by atoms with E-state index in [1.54, 1.807) is 121 Å². The number of carbonyl (C=O) groups excluding carboxylic acids is 4. The van der Waals surface area contributed by atoms with Crippen LogP contribution in [-0.4, -0.2) is 67.3 Å². The normalized spacial score (nSPS) is 25.3. The van der Waals surface area contributed by atoms with E-state index in [1.165, 1.54) is 0 Å². The summed E-state index contributed by atoms with van der Waals surface area (Å²) >= 11 is 0. The third-order valence-electron chi connectivity index (χ3n) is 10.0. The van der Waals surface area contributed by atoms with Gasteiger partial charge in [0.15, 0.2) is 24.6 Å². The monoisotopic (exact) mass is 734 g/mol. The molecule has 1 aliphatic carbocycles. The van der Waals surface area contributed by atoms with Gasteiger partial charge in [0.25, 0.3) is 0 Å². The minimum absolute atomic E-state index is 0.156. The Kier molecular flexibility index (Phi) is 12.9. The van der Waals surface area contributed by atoms with Crippen LogP contribution < -0.4 is 0 Å². The molecule has 8 atom stereocenters. The van der Waals surface area contributed by atoms with Gasteiger partial charge < -0.3 is 28.4 Å². The highest BCUT2D eigenvalue weighted by Gasteiger charge is 2.54. The second-order valence-electron chi connectivity index (χ2n) is 14.2. The Morgan fingerprint density at radius 2 is 1.02 bits per heavy atom. The van der Waals surface area contributed by atoms with Gasteiger partial charge in [-0.1, -0.05) is 100.0 Å². The number of hydrogen-bond donors (Lipinski definition) is 0. The quantitative estimate of drug-likeness (QED) is 0.106. The summed E-state index contributed by atoms with van der Waals surface area (Å²) < 4.78 is 37.8. The Hall–Kier alpha value is -5.32. The second-order valence-corrected chi connectivity index (χ2v) is 14.2. The van der Waals surface area contributed by atoms with Crippen molar-refractivity contribution < 1.29 is 47.6 Å². The van der Waals surface area contributed by atoms with Crippen molar-refractivity contribution in [3.8, 4) is 0 Å². The minimum atomic E-state index is -1.46. The standard InChI is InChI=1S/C44H46O10/c1-28(2)34-25-24-29(3)26-35(34)50-44-39(54-43(48)33-22-14-7-15-23-33)38(53-42(47)32-20-12-6-13-21-32)37(52-41(46)31-18-10-5-11-19-31)36(51-44)27-49-40(45)30-16-8-4-9-17-30/h4-23,28-29,34-39,44H,24-27H2,1-3H3/t29-,34+,35+,36-,37-,38+,39-,44-/m1/s1. The molecule has 282 valence electrons. The van der Waals surface area contributed by atoms with Crippen molar-refractivity contribution in [2.24, 2.45) is 17.8 Å². The molecule has 1 heterocycles. The summed E-state index contributed by atoms with van der Waals surface area (Å²) in [5.41, 5.74) is 0.984. The van der Waals surface area contributed by atoms with Crippen LogP contribution in [0, 0.1) is 17.8 Å². The maximum atomic E-state index is 13.9. The van der Waals surface area contributed by atoms with Gasteiger partial charge in [-0.3, -0.25) is 0 Å². The van der Waals surface area contributed by atoms with Crippen molar-refractivity contribution in [2.75, 3.05) is 6.61 Å². The minimum Gasteiger partial charge on any atom is -0.459 e. The van der Waals surface area contributed by atoms with Gasteiger partial charge in [-0.2, -0.15) is 0 Å². The molecule has 0 spiro atoms. The van der Waals surface area contributed by atoms with E-state index in [0.717, 1.165) is 19.3 Å². The first-order valence-electron chi connectivity index (χ1n) is 18.5. The molecular weight excluding hydrogens is 688 g/mol. The zero-order valence-electron chi connectivity index (χ0n) is 30.7. The van der Waals surface area contributed by atoms with Gasteiger partial charge in [0, 0.05) is 0 Å². The molecule has 0 aromatic heterocycles. The summed E-state index contributed by atoms with van der Waals surface area (Å²) in [5, 5.41) is 0. The molecule has 2 aliphatic rings. The van der Waals surface area contributed by atoms with Gasteiger partial charge in [0.2, 0.25) is 0 Å². The van der Waals surface area contributed by atoms with Gasteiger partial charge in [0.05, 0.1) is 28.4 Å². The summed E-state index contributed by atoms with van der Waals surface area (Å²) in [4.78, 5) is 54.7. The molecule has 4 aromatic rings. The number of hydrogen-bond acceptors (Lipinski definition) is 10. The largest absolute Gasteiger partial charge is 0.459 e. The first-order valence-corrected chi connectivity index (χ1v) is 18.5. The van der Waals surface area contributed by atoms with Gasteiger partial charge in [-0.05, 0) is 79.1 Å². The molecule has 1 saturated heterocycles. The maximum absolute atomic E-state index is 13.9. The molecule has 0 N–H and O–H groups in total. The first-order chi connectivity index (χ1) is 26.2. The van der Waals surface area contributed by atoms with Crippen LogP contribution in [0.2, 0.25) is 0 Å². The molecule has 0 bridgehead atoms. The molecule has 10 nitrogen and oxygen atoms in total. The Bertz CT molecular complexity index is 1830. The van der Waals surface area contributed by atoms with E-state index in [2.05, 4.69) is 20.8 Å². The van der Waals surface area contributed by atoms with Crippen molar-refractivity contribution in [1.82, 2.24) is 0 Å². The molecular formula is C44H46O10. The third kappa shape index (κ3) is 9.61. The highest BCUT2D eigenvalue weighted by molar-refractivity contribution is 5.91. The van der Waals surface area contributed by atoms with Crippen molar-refractivity contribution in [2.45, 2.75) is 76.8 Å². The molecule has 1 saturated carbocycles. The molecule has 1 aliphatic heterocycles. The van der Waals surface area contributed by atoms with Crippen molar-refractivity contribution in [3.63, 3.8) is 0 Å². The highest BCUT2D eigenvalue weighted by Crippen LogP contribution is 2.39. The average molecular weight is 735 g/mol. The van der Waals surface area contributed by atoms with Gasteiger partial charge in [-0.15, -0.1) is 0 Å². The summed E-state index contributed by atoms with van der Waals surface area (Å²) in [7, 11) is 0. The summed E-state index contributed by atoms with van der Waals surface area (Å²) in [6.07, 6.45) is -4.45. The fourth-order valence-corrected chi connectivity index (χ4v) is 7.08. The summed E-state index contributed by atoms with van der Waals surface area (Å²) in [5.74, 6) is -2.09. The van der Waals surface area contributed by atoms with E-state index < -0.39 is 61.2 Å². The molecule has 6 rings (SSSR count). The third-order valence-corrected chi connectivity index (χ3v) is 10.0. The van der Waals surface area contributed by atoms with Crippen LogP contribution in [0.4, 0.5) is 0 Å². The molecule has 0 amide bonds. The Labute approximate surface area is 315 Å². The van der Waals surface area contributed by atoms with E-state index in [-0.39, 0.29) is 34.6 Å². The molecule has 0 radical (unpaired) electrons. The zero-order valence-corrected chi connectivity index (χ0v) is 30.7. The SMILES string of the molecule is CC(C)[C@@H]1CC[C@@H](C)C[C@@H]1O[C@@H]1O[C@H](COC(=O)c2ccccc2)[C@@H](OC(=O)c2ccccc2)[C@H](OC(=O)c2ccccc2)[C@H]1OC(=O)c1ccccc1. The van der Waals surface area contributed by atoms with E-state index in [0.29, 0.717) is 11.5 Å². The van der Waals surface area contributed by atoms with Crippen LogP contribution in [0.15, 0.2) is 121 Å². The predicted octanol–water partition coefficient (Wildman–Crippen LogP) is 7.72. The number of benzene rings is 4. The average Bonchev–Trinajstić information content (AvgIpc) is 3.20. The highest BCUT2D eigenvalue weighted by atomic mass is 16.7. The lowest BCUT2D eigenvalue weighted by Gasteiger charge is -2.47. The number of ether oxygens (including phenoxy) is 6. The van der Waals surface area contributed by atoms with E-state index >= 15 is 0 Å². The van der Waals surface area contributed by atoms with Crippen molar-refractivity contribution >= 4 is 23.9 Å². The Morgan fingerprint density at radius 1 is 0.593 bits per heavy atom. The molecule has 0 unspecified atom stereocenters. The molecule has 54 heavy (non-hydrogen) atoms. The number of esters is 4. The first kappa shape index (κ1) is 38.4. The lowest BCUT2D eigenvalue weighted by atomic mass is 9.75. The fraction of sp³-hybridized carbons (Fsp3) is 0.364. The van der Waals surface area contributed by atoms with Gasteiger partial charge in [-0.25, -0.2) is 19.2 Å². The van der Waals surface area contributed by atoms with Crippen LogP contribution in [0.3, 0.4) is 0 Å². The Morgan fingerprint density at radius 3 is 1.48 bits per heavy atom. The van der Waals surface area contributed by atoms with Crippen LogP contribution in [0.25, 0.3) is 0 Å². The van der Waals surface area contributed by atoms with Crippen LogP contribution >= 0.6 is 0 Å². The number of carbonyl (C=O) groups is 4. The van der Waals surface area contributed by atoms with Crippen LogP contribution in [0.1, 0.15) is 81.5 Å². The summed E-state index contributed by atoms with van der Waals surface area (Å²) in [6.45, 7) is 6.03. The van der Waals surface area contributed by atoms with Crippen LogP contribution in [-0.2, 0) is 28.4 Å². The zero-order chi connectivity index (χ0) is 38.0. The maximum Gasteiger partial charge on any atom is 0.338 e. The number of rotatable bonds is 12. The van der Waals surface area contributed by atoms with Crippen molar-refractivity contribution in [1.29, 1.82) is 0 Å². The smallest absolute Gasteiger partial charge is 0.338 e. The Balaban J connectivity index is 1.42. The predicted molar refractivity (Wildman–Crippen MR) is 199 cm³/mol. The topological polar surface area (TPSA) is 124 Å². The van der Waals surface area contributed by atoms with E-state index in [1.807, 2.05) is 0 Å². The van der Waals surface area contributed by atoms with E-state index in [9.17, 15) is 19.2 Å². The lowest BCUT2D eigenvalue weighted by molar-refractivity contribution is -0.315. The van der Waals surface area contributed by atoms with E-state index in [4.69, 9.17) is 28.4 Å². The molecule has 10 heteroatoms. The van der Waals surface area contributed by atoms with Crippen LogP contribution in [0.5, 0.6) is 0 Å². The lowest BCUT2D eigenvalue weighted by Crippen LogP contribution is -2.64. The second kappa shape index (κ2) is 18.1. The van der Waals surface area contributed by atoms with Gasteiger partial charge in [0.1, 0.15) is 12.7 Å². The van der Waals surface area contributed by atoms with Crippen molar-refractivity contribution in [3.05, 3.63) is 144 Å². The molecule has 4 aromatic carbocycles. The fourth-order valence-electron chi connectivity index (χ4n) is 7.08. The summed E-state index contributed by atoms with van der Waals surface area (Å²) in [6, 6.07) is 33.4. The van der Waals surface area contributed by atoms with Gasteiger partial charge >= 0.3 is 23.9 Å². The molecule has 2 fully saturated rings.